The van der Waals surface area contributed by atoms with E-state index in [-0.39, 0.29) is 0 Å². The van der Waals surface area contributed by atoms with Crippen LogP contribution >= 0.6 is 11.3 Å². The van der Waals surface area contributed by atoms with Crippen molar-refractivity contribution in [2.45, 2.75) is 19.9 Å². The van der Waals surface area contributed by atoms with E-state index in [1.165, 1.54) is 0 Å². The predicted octanol–water partition coefficient (Wildman–Crippen LogP) is 2.74. The van der Waals surface area contributed by atoms with E-state index in [1.807, 2.05) is 22.9 Å². The molecule has 0 amide bonds. The summed E-state index contributed by atoms with van der Waals surface area (Å²) < 4.78 is 1.96. The molecule has 0 aliphatic carbocycles. The van der Waals surface area contributed by atoms with Gasteiger partial charge in [0.25, 0.3) is 0 Å². The van der Waals surface area contributed by atoms with Crippen LogP contribution in [-0.4, -0.2) is 25.6 Å². The molecule has 2 heterocycles. The van der Waals surface area contributed by atoms with Gasteiger partial charge in [-0.05, 0) is 19.1 Å². The van der Waals surface area contributed by atoms with Crippen molar-refractivity contribution < 1.29 is 9.90 Å². The maximum absolute atomic E-state index is 11.4. The summed E-state index contributed by atoms with van der Waals surface area (Å²) in [6.45, 7) is 2.58. The highest BCUT2D eigenvalue weighted by Gasteiger charge is 2.15. The monoisotopic (exact) mass is 287 g/mol. The zero-order valence-electron chi connectivity index (χ0n) is 10.9. The second-order valence-electron chi connectivity index (χ2n) is 4.46. The third-order valence-corrected chi connectivity index (χ3v) is 4.06. The fraction of sp³-hybridized carbons (Fsp3) is 0.214. The molecule has 20 heavy (non-hydrogen) atoms. The number of hydrogen-bond acceptors (Lipinski definition) is 4. The van der Waals surface area contributed by atoms with E-state index in [2.05, 4.69) is 9.97 Å². The Bertz CT molecular complexity index is 762. The Labute approximate surface area is 119 Å². The number of para-hydroxylation sites is 1. The summed E-state index contributed by atoms with van der Waals surface area (Å²) in [7, 11) is 0. The number of carboxylic acids is 1. The number of carboxylic acid groups (broad SMARTS) is 1. The van der Waals surface area contributed by atoms with Crippen LogP contribution in [0.5, 0.6) is 0 Å². The van der Waals surface area contributed by atoms with Gasteiger partial charge < -0.3 is 9.67 Å². The molecule has 5 nitrogen and oxygen atoms in total. The third kappa shape index (κ3) is 2.18. The number of carbonyl (C=O) groups is 1. The Kier molecular flexibility index (Phi) is 3.23. The second-order valence-corrected chi connectivity index (χ2v) is 5.44. The number of hydrogen-bond donors (Lipinski definition) is 1. The van der Waals surface area contributed by atoms with Crippen LogP contribution in [0.4, 0.5) is 0 Å². The first-order valence-electron chi connectivity index (χ1n) is 6.24. The molecule has 0 fully saturated rings. The summed E-state index contributed by atoms with van der Waals surface area (Å²) in [6.07, 6.45) is 2.56. The summed E-state index contributed by atoms with van der Waals surface area (Å²) >= 11 is 1.61. The maximum Gasteiger partial charge on any atom is 0.337 e. The second kappa shape index (κ2) is 5.05. The molecule has 6 heteroatoms. The molecule has 1 aromatic carbocycles. The van der Waals surface area contributed by atoms with Gasteiger partial charge in [-0.25, -0.2) is 14.8 Å². The molecule has 0 unspecified atom stereocenters. The Morgan fingerprint density at radius 3 is 3.00 bits per heavy atom. The minimum Gasteiger partial charge on any atom is -0.478 e. The van der Waals surface area contributed by atoms with Crippen LogP contribution in [-0.2, 0) is 13.0 Å². The normalized spacial score (nSPS) is 11.1. The lowest BCUT2D eigenvalue weighted by Crippen LogP contribution is -2.07. The molecular formula is C14H13N3O2S. The molecule has 0 aliphatic heterocycles. The molecule has 0 bridgehead atoms. The number of imidazole rings is 1. The first-order chi connectivity index (χ1) is 9.66. The molecular weight excluding hydrogens is 274 g/mol. The molecule has 0 saturated heterocycles. The minimum absolute atomic E-state index is 0.294. The molecule has 0 saturated carbocycles. The molecule has 3 rings (SSSR count). The Balaban J connectivity index is 2.04. The number of aromatic carboxylic acids is 1. The summed E-state index contributed by atoms with van der Waals surface area (Å²) in [5.74, 6) is -0.101. The average molecular weight is 287 g/mol. The lowest BCUT2D eigenvalue weighted by atomic mass is 10.2. The molecule has 0 radical (unpaired) electrons. The van der Waals surface area contributed by atoms with Gasteiger partial charge in [0.1, 0.15) is 5.82 Å². The maximum atomic E-state index is 11.4. The van der Waals surface area contributed by atoms with E-state index in [0.29, 0.717) is 17.6 Å². The molecule has 1 N–H and O–H groups in total. The van der Waals surface area contributed by atoms with Crippen LogP contribution in [0.3, 0.4) is 0 Å². The quantitative estimate of drug-likeness (QED) is 0.801. The van der Waals surface area contributed by atoms with Crippen molar-refractivity contribution in [1.29, 1.82) is 0 Å². The lowest BCUT2D eigenvalue weighted by Gasteiger charge is -2.07. The number of nitrogens with zero attached hydrogens (tertiary/aromatic N) is 3. The van der Waals surface area contributed by atoms with Crippen molar-refractivity contribution in [3.63, 3.8) is 0 Å². The van der Waals surface area contributed by atoms with Gasteiger partial charge in [0.2, 0.25) is 0 Å². The van der Waals surface area contributed by atoms with Crippen LogP contribution in [0.1, 0.15) is 21.2 Å². The van der Waals surface area contributed by atoms with Gasteiger partial charge in [0.15, 0.2) is 0 Å². The SMILES string of the molecule is Cc1nc2cccc(C(=O)O)c2n1CCc1nccs1. The zero-order valence-corrected chi connectivity index (χ0v) is 11.7. The molecule has 3 aromatic rings. The molecule has 0 spiro atoms. The van der Waals surface area contributed by atoms with Crippen molar-refractivity contribution in [2.24, 2.45) is 0 Å². The number of aryl methyl sites for hydroxylation is 3. The first kappa shape index (κ1) is 12.8. The van der Waals surface area contributed by atoms with Crippen LogP contribution in [0.15, 0.2) is 29.8 Å². The van der Waals surface area contributed by atoms with E-state index in [0.717, 1.165) is 22.8 Å². The highest BCUT2D eigenvalue weighted by atomic mass is 32.1. The summed E-state index contributed by atoms with van der Waals surface area (Å²) in [6, 6.07) is 5.18. The largest absolute Gasteiger partial charge is 0.478 e. The van der Waals surface area contributed by atoms with Crippen LogP contribution in [0, 0.1) is 6.92 Å². The molecule has 0 aliphatic rings. The Hall–Kier alpha value is -2.21. The summed E-state index contributed by atoms with van der Waals surface area (Å²) in [5, 5.41) is 12.3. The first-order valence-corrected chi connectivity index (χ1v) is 7.12. The van der Waals surface area contributed by atoms with Crippen molar-refractivity contribution in [3.05, 3.63) is 46.2 Å². The van der Waals surface area contributed by atoms with Crippen LogP contribution < -0.4 is 0 Å². The van der Waals surface area contributed by atoms with Gasteiger partial charge in [-0.1, -0.05) is 6.07 Å². The van der Waals surface area contributed by atoms with E-state index < -0.39 is 5.97 Å². The van der Waals surface area contributed by atoms with E-state index in [1.54, 1.807) is 29.7 Å². The van der Waals surface area contributed by atoms with Crippen molar-refractivity contribution in [3.8, 4) is 0 Å². The average Bonchev–Trinajstić information content (AvgIpc) is 3.02. The molecule has 102 valence electrons. The number of fused-ring (bicyclic) bond motifs is 1. The van der Waals surface area contributed by atoms with Gasteiger partial charge in [0.05, 0.1) is 21.6 Å². The summed E-state index contributed by atoms with van der Waals surface area (Å²) in [5.41, 5.74) is 1.71. The highest BCUT2D eigenvalue weighted by Crippen LogP contribution is 2.21. The smallest absolute Gasteiger partial charge is 0.337 e. The van der Waals surface area contributed by atoms with Crippen LogP contribution in [0.2, 0.25) is 0 Å². The highest BCUT2D eigenvalue weighted by molar-refractivity contribution is 7.09. The third-order valence-electron chi connectivity index (χ3n) is 3.22. The van der Waals surface area contributed by atoms with Gasteiger partial charge in [-0.3, -0.25) is 0 Å². The molecule has 2 aromatic heterocycles. The van der Waals surface area contributed by atoms with E-state index >= 15 is 0 Å². The number of rotatable bonds is 4. The van der Waals surface area contributed by atoms with Crippen molar-refractivity contribution in [1.82, 2.24) is 14.5 Å². The Morgan fingerprint density at radius 2 is 2.30 bits per heavy atom. The predicted molar refractivity (Wildman–Crippen MR) is 77.2 cm³/mol. The van der Waals surface area contributed by atoms with E-state index in [9.17, 15) is 9.90 Å². The topological polar surface area (TPSA) is 68.0 Å². The van der Waals surface area contributed by atoms with E-state index in [4.69, 9.17) is 0 Å². The van der Waals surface area contributed by atoms with Gasteiger partial charge >= 0.3 is 5.97 Å². The fourth-order valence-electron chi connectivity index (χ4n) is 2.33. The van der Waals surface area contributed by atoms with Crippen molar-refractivity contribution >= 4 is 28.3 Å². The number of benzene rings is 1. The van der Waals surface area contributed by atoms with Crippen molar-refractivity contribution in [2.75, 3.05) is 0 Å². The number of aromatic nitrogens is 3. The van der Waals surface area contributed by atoms with Gasteiger partial charge in [-0.15, -0.1) is 11.3 Å². The Morgan fingerprint density at radius 1 is 1.45 bits per heavy atom. The van der Waals surface area contributed by atoms with Gasteiger partial charge in [0, 0.05) is 24.5 Å². The zero-order chi connectivity index (χ0) is 14.1. The minimum atomic E-state index is -0.925. The van der Waals surface area contributed by atoms with Crippen LogP contribution in [0.25, 0.3) is 11.0 Å². The standard InChI is InChI=1S/C14H13N3O2S/c1-9-16-11-4-2-3-10(14(18)19)13(11)17(9)7-5-12-15-6-8-20-12/h2-4,6,8H,5,7H2,1H3,(H,18,19). The summed E-state index contributed by atoms with van der Waals surface area (Å²) in [4.78, 5) is 20.0. The lowest BCUT2D eigenvalue weighted by molar-refractivity contribution is 0.0698. The fourth-order valence-corrected chi connectivity index (χ4v) is 2.94. The number of thiazole rings is 1. The van der Waals surface area contributed by atoms with Gasteiger partial charge in [-0.2, -0.15) is 0 Å². The molecule has 0 atom stereocenters.